The summed E-state index contributed by atoms with van der Waals surface area (Å²) in [5, 5.41) is 8.75. The van der Waals surface area contributed by atoms with E-state index in [1.807, 2.05) is 25.7 Å². The minimum absolute atomic E-state index is 0.0216. The number of carbonyl (C=O) groups is 1. The van der Waals surface area contributed by atoms with E-state index in [1.165, 1.54) is 12.1 Å². The summed E-state index contributed by atoms with van der Waals surface area (Å²) in [5.74, 6) is -1.53. The zero-order chi connectivity index (χ0) is 15.6. The van der Waals surface area contributed by atoms with Crippen LogP contribution >= 0.6 is 0 Å². The number of anilines is 1. The third kappa shape index (κ3) is 3.82. The highest BCUT2D eigenvalue weighted by atomic mass is 19.1. The highest BCUT2D eigenvalue weighted by Crippen LogP contribution is 2.30. The monoisotopic (exact) mass is 293 g/mol. The molecule has 0 spiro atoms. The third-order valence-electron chi connectivity index (χ3n) is 3.33. The molecule has 1 N–H and O–H groups in total. The van der Waals surface area contributed by atoms with E-state index < -0.39 is 11.8 Å². The number of ether oxygens (including phenoxy) is 1. The van der Waals surface area contributed by atoms with Crippen molar-refractivity contribution < 1.29 is 19.0 Å². The van der Waals surface area contributed by atoms with Crippen molar-refractivity contribution in [3.63, 3.8) is 0 Å². The van der Waals surface area contributed by atoms with Gasteiger partial charge in [-0.15, -0.1) is 0 Å². The Morgan fingerprint density at radius 1 is 1.52 bits per heavy atom. The summed E-state index contributed by atoms with van der Waals surface area (Å²) in [4.78, 5) is 12.7. The van der Waals surface area contributed by atoms with Crippen LogP contribution in [0.1, 0.15) is 26.3 Å². The van der Waals surface area contributed by atoms with Crippen molar-refractivity contribution in [1.29, 1.82) is 0 Å². The van der Waals surface area contributed by atoms with Gasteiger partial charge in [-0.2, -0.15) is 0 Å². The number of benzene rings is 1. The van der Waals surface area contributed by atoms with Crippen LogP contribution in [0.25, 0.3) is 6.08 Å². The molecule has 2 rings (SSSR count). The van der Waals surface area contributed by atoms with Gasteiger partial charge in [0.25, 0.3) is 0 Å². The van der Waals surface area contributed by atoms with E-state index in [-0.39, 0.29) is 11.7 Å². The Morgan fingerprint density at radius 2 is 2.24 bits per heavy atom. The Bertz CT molecular complexity index is 569. The lowest BCUT2D eigenvalue weighted by molar-refractivity contribution is -0.131. The largest absolute Gasteiger partial charge is 0.478 e. The Labute approximate surface area is 123 Å². The lowest BCUT2D eigenvalue weighted by Crippen LogP contribution is -2.52. The molecule has 0 amide bonds. The van der Waals surface area contributed by atoms with Gasteiger partial charge in [-0.25, -0.2) is 9.18 Å². The Hall–Kier alpha value is -1.88. The van der Waals surface area contributed by atoms with Crippen LogP contribution < -0.4 is 4.90 Å². The SMILES string of the molecule is CC1CN(c2cccc(F)c2/C=C/C(=O)O)CC(C)(C)O1. The summed E-state index contributed by atoms with van der Waals surface area (Å²) in [6.45, 7) is 7.21. The number of morpholine rings is 1. The van der Waals surface area contributed by atoms with Gasteiger partial charge in [0.2, 0.25) is 0 Å². The third-order valence-corrected chi connectivity index (χ3v) is 3.33. The van der Waals surface area contributed by atoms with Crippen molar-refractivity contribution >= 4 is 17.7 Å². The van der Waals surface area contributed by atoms with E-state index in [0.717, 1.165) is 6.08 Å². The van der Waals surface area contributed by atoms with E-state index in [0.29, 0.717) is 24.3 Å². The molecule has 0 bridgehead atoms. The number of rotatable bonds is 3. The number of aliphatic carboxylic acids is 1. The molecule has 0 aromatic heterocycles. The number of halogens is 1. The number of nitrogens with zero attached hydrogens (tertiary/aromatic N) is 1. The number of hydrogen-bond donors (Lipinski definition) is 1. The molecule has 1 atom stereocenters. The molecule has 1 aromatic carbocycles. The van der Waals surface area contributed by atoms with Gasteiger partial charge in [-0.05, 0) is 39.0 Å². The molecule has 1 aromatic rings. The van der Waals surface area contributed by atoms with Crippen LogP contribution in [-0.2, 0) is 9.53 Å². The van der Waals surface area contributed by atoms with Crippen LogP contribution in [0.4, 0.5) is 10.1 Å². The van der Waals surface area contributed by atoms with Crippen LogP contribution in [0.5, 0.6) is 0 Å². The molecule has 0 radical (unpaired) electrons. The van der Waals surface area contributed by atoms with E-state index in [9.17, 15) is 9.18 Å². The molecular formula is C16H20FNO3. The smallest absolute Gasteiger partial charge is 0.328 e. The number of hydrogen-bond acceptors (Lipinski definition) is 3. The molecule has 1 saturated heterocycles. The molecule has 1 unspecified atom stereocenters. The maximum absolute atomic E-state index is 14.0. The van der Waals surface area contributed by atoms with Crippen LogP contribution in [0.3, 0.4) is 0 Å². The van der Waals surface area contributed by atoms with Crippen LogP contribution in [0, 0.1) is 5.82 Å². The fourth-order valence-electron chi connectivity index (χ4n) is 2.76. The second-order valence-electron chi connectivity index (χ2n) is 5.91. The average molecular weight is 293 g/mol. The first-order valence-electron chi connectivity index (χ1n) is 6.91. The molecule has 1 aliphatic rings. The molecule has 5 heteroatoms. The summed E-state index contributed by atoms with van der Waals surface area (Å²) in [6.07, 6.45) is 2.28. The average Bonchev–Trinajstić information content (AvgIpc) is 2.34. The first-order chi connectivity index (χ1) is 9.78. The predicted molar refractivity (Wildman–Crippen MR) is 79.9 cm³/mol. The van der Waals surface area contributed by atoms with Crippen LogP contribution in [0.2, 0.25) is 0 Å². The van der Waals surface area contributed by atoms with Crippen LogP contribution in [-0.4, -0.2) is 35.9 Å². The molecule has 114 valence electrons. The first-order valence-corrected chi connectivity index (χ1v) is 6.91. The topological polar surface area (TPSA) is 49.8 Å². The van der Waals surface area contributed by atoms with Crippen molar-refractivity contribution in [3.8, 4) is 0 Å². The second kappa shape index (κ2) is 5.85. The normalized spacial score (nSPS) is 21.7. The molecule has 4 nitrogen and oxygen atoms in total. The van der Waals surface area contributed by atoms with Crippen molar-refractivity contribution in [3.05, 3.63) is 35.7 Å². The van der Waals surface area contributed by atoms with Crippen molar-refractivity contribution in [1.82, 2.24) is 0 Å². The Kier molecular flexibility index (Phi) is 4.32. The summed E-state index contributed by atoms with van der Waals surface area (Å²) in [6, 6.07) is 4.77. The summed E-state index contributed by atoms with van der Waals surface area (Å²) in [7, 11) is 0. The fourth-order valence-corrected chi connectivity index (χ4v) is 2.76. The van der Waals surface area contributed by atoms with Gasteiger partial charge >= 0.3 is 5.97 Å². The second-order valence-corrected chi connectivity index (χ2v) is 5.91. The summed E-state index contributed by atoms with van der Waals surface area (Å²) < 4.78 is 19.9. The highest BCUT2D eigenvalue weighted by molar-refractivity contribution is 5.87. The molecule has 1 aliphatic heterocycles. The minimum Gasteiger partial charge on any atom is -0.478 e. The molecule has 1 fully saturated rings. The standard InChI is InChI=1S/C16H20FNO3/c1-11-9-18(10-16(2,3)21-11)14-6-4-5-13(17)12(14)7-8-15(19)20/h4-8,11H,9-10H2,1-3H3,(H,19,20)/b8-7+. The number of carboxylic acid groups (broad SMARTS) is 1. The zero-order valence-corrected chi connectivity index (χ0v) is 12.5. The molecular weight excluding hydrogens is 273 g/mol. The van der Waals surface area contributed by atoms with Gasteiger partial charge in [0, 0.05) is 30.4 Å². The number of carboxylic acids is 1. The molecule has 1 heterocycles. The minimum atomic E-state index is -1.10. The van der Waals surface area contributed by atoms with Gasteiger partial charge < -0.3 is 14.7 Å². The summed E-state index contributed by atoms with van der Waals surface area (Å²) in [5.41, 5.74) is 0.651. The van der Waals surface area contributed by atoms with E-state index in [4.69, 9.17) is 9.84 Å². The van der Waals surface area contributed by atoms with Gasteiger partial charge in [-0.3, -0.25) is 0 Å². The predicted octanol–water partition coefficient (Wildman–Crippen LogP) is 2.93. The zero-order valence-electron chi connectivity index (χ0n) is 12.5. The van der Waals surface area contributed by atoms with Crippen molar-refractivity contribution in [2.24, 2.45) is 0 Å². The Morgan fingerprint density at radius 3 is 2.86 bits per heavy atom. The van der Waals surface area contributed by atoms with Crippen molar-refractivity contribution in [2.45, 2.75) is 32.5 Å². The van der Waals surface area contributed by atoms with Gasteiger partial charge in [0.05, 0.1) is 11.7 Å². The molecule has 0 aliphatic carbocycles. The lowest BCUT2D eigenvalue weighted by Gasteiger charge is -2.43. The van der Waals surface area contributed by atoms with Crippen LogP contribution in [0.15, 0.2) is 24.3 Å². The summed E-state index contributed by atoms with van der Waals surface area (Å²) >= 11 is 0. The highest BCUT2D eigenvalue weighted by Gasteiger charge is 2.32. The lowest BCUT2D eigenvalue weighted by atomic mass is 10.0. The van der Waals surface area contributed by atoms with E-state index in [2.05, 4.69) is 0 Å². The fraction of sp³-hybridized carbons (Fsp3) is 0.438. The van der Waals surface area contributed by atoms with E-state index >= 15 is 0 Å². The maximum atomic E-state index is 14.0. The Balaban J connectivity index is 2.39. The molecule has 21 heavy (non-hydrogen) atoms. The van der Waals surface area contributed by atoms with Crippen molar-refractivity contribution in [2.75, 3.05) is 18.0 Å². The van der Waals surface area contributed by atoms with E-state index in [1.54, 1.807) is 12.1 Å². The quantitative estimate of drug-likeness (QED) is 0.871. The van der Waals surface area contributed by atoms with Gasteiger partial charge in [0.15, 0.2) is 0 Å². The maximum Gasteiger partial charge on any atom is 0.328 e. The van der Waals surface area contributed by atoms with Gasteiger partial charge in [-0.1, -0.05) is 6.07 Å². The van der Waals surface area contributed by atoms with Gasteiger partial charge in [0.1, 0.15) is 5.82 Å². The first kappa shape index (κ1) is 15.5. The molecule has 0 saturated carbocycles.